The van der Waals surface area contributed by atoms with E-state index in [4.69, 9.17) is 4.98 Å². The molecule has 36 heavy (non-hydrogen) atoms. The summed E-state index contributed by atoms with van der Waals surface area (Å²) in [6.45, 7) is 5.85. The lowest BCUT2D eigenvalue weighted by Crippen LogP contribution is -2.44. The van der Waals surface area contributed by atoms with E-state index in [1.165, 1.54) is 5.56 Å². The summed E-state index contributed by atoms with van der Waals surface area (Å²) in [7, 11) is 0. The molecule has 2 aromatic heterocycles. The summed E-state index contributed by atoms with van der Waals surface area (Å²) in [4.78, 5) is 37.9. The normalized spacial score (nSPS) is 15.9. The van der Waals surface area contributed by atoms with Crippen molar-refractivity contribution in [3.63, 3.8) is 0 Å². The van der Waals surface area contributed by atoms with E-state index < -0.39 is 0 Å². The molecule has 1 atom stereocenters. The molecule has 7 heteroatoms. The zero-order valence-electron chi connectivity index (χ0n) is 20.7. The van der Waals surface area contributed by atoms with Gasteiger partial charge in [0.15, 0.2) is 11.5 Å². The van der Waals surface area contributed by atoms with E-state index in [2.05, 4.69) is 36.3 Å². The molecule has 0 spiro atoms. The summed E-state index contributed by atoms with van der Waals surface area (Å²) in [5.41, 5.74) is 4.09. The maximum Gasteiger partial charge on any atom is 0.295 e. The number of anilines is 2. The fourth-order valence-corrected chi connectivity index (χ4v) is 4.76. The van der Waals surface area contributed by atoms with E-state index in [1.807, 2.05) is 59.5 Å². The van der Waals surface area contributed by atoms with Crippen LogP contribution in [-0.4, -0.2) is 33.5 Å². The third-order valence-electron chi connectivity index (χ3n) is 6.80. The molecular weight excluding hydrogens is 450 g/mol. The molecule has 184 valence electrons. The Kier molecular flexibility index (Phi) is 6.80. The van der Waals surface area contributed by atoms with Crippen molar-refractivity contribution >= 4 is 28.6 Å². The molecule has 7 nitrogen and oxygen atoms in total. The van der Waals surface area contributed by atoms with E-state index in [0.717, 1.165) is 24.1 Å². The number of benzene rings is 2. The Morgan fingerprint density at radius 3 is 2.58 bits per heavy atom. The second kappa shape index (κ2) is 10.3. The maximum atomic E-state index is 13.7. The van der Waals surface area contributed by atoms with Gasteiger partial charge in [-0.15, -0.1) is 0 Å². The summed E-state index contributed by atoms with van der Waals surface area (Å²) < 4.78 is 1.69. The van der Waals surface area contributed by atoms with Crippen LogP contribution in [0.25, 0.3) is 11.2 Å². The maximum absolute atomic E-state index is 13.7. The highest BCUT2D eigenvalue weighted by Gasteiger charge is 2.29. The highest BCUT2D eigenvalue weighted by Crippen LogP contribution is 2.24. The first-order valence-corrected chi connectivity index (χ1v) is 12.5. The number of fused-ring (bicyclic) bond motifs is 1. The Morgan fingerprint density at radius 1 is 1.06 bits per heavy atom. The third kappa shape index (κ3) is 5.00. The molecule has 1 aliphatic heterocycles. The zero-order valence-corrected chi connectivity index (χ0v) is 20.7. The molecular formula is C29H31N5O2. The molecule has 4 aromatic rings. The SMILES string of the molecule is CC(C)c1ccc(NC(=O)[C@H]2CCCN(c3nc4cccnc4n(Cc4ccccc4)c3=O)C2)cc1. The number of rotatable bonds is 6. The zero-order chi connectivity index (χ0) is 25.1. The van der Waals surface area contributed by atoms with Crippen molar-refractivity contribution in [3.05, 3.63) is 94.4 Å². The Morgan fingerprint density at radius 2 is 1.83 bits per heavy atom. The van der Waals surface area contributed by atoms with Crippen LogP contribution in [0.4, 0.5) is 11.5 Å². The first-order chi connectivity index (χ1) is 17.5. The Bertz CT molecular complexity index is 1410. The molecule has 0 saturated carbocycles. The Balaban J connectivity index is 1.40. The van der Waals surface area contributed by atoms with Gasteiger partial charge in [0, 0.05) is 25.0 Å². The monoisotopic (exact) mass is 481 g/mol. The van der Waals surface area contributed by atoms with Crippen LogP contribution < -0.4 is 15.8 Å². The number of hydrogen-bond donors (Lipinski definition) is 1. The fraction of sp³-hybridized carbons (Fsp3) is 0.310. The summed E-state index contributed by atoms with van der Waals surface area (Å²) >= 11 is 0. The minimum atomic E-state index is -0.225. The van der Waals surface area contributed by atoms with Crippen molar-refractivity contribution in [2.45, 2.75) is 39.2 Å². The van der Waals surface area contributed by atoms with Gasteiger partial charge in [0.1, 0.15) is 5.52 Å². The van der Waals surface area contributed by atoms with Gasteiger partial charge in [-0.05, 0) is 54.2 Å². The summed E-state index contributed by atoms with van der Waals surface area (Å²) in [6.07, 6.45) is 3.27. The molecule has 0 unspecified atom stereocenters. The number of piperidine rings is 1. The molecule has 5 rings (SSSR count). The van der Waals surface area contributed by atoms with E-state index in [-0.39, 0.29) is 17.4 Å². The van der Waals surface area contributed by atoms with Gasteiger partial charge in [-0.2, -0.15) is 0 Å². The lowest BCUT2D eigenvalue weighted by molar-refractivity contribution is -0.120. The van der Waals surface area contributed by atoms with Crippen LogP contribution in [0.15, 0.2) is 77.7 Å². The fourth-order valence-electron chi connectivity index (χ4n) is 4.76. The summed E-state index contributed by atoms with van der Waals surface area (Å²) in [5.74, 6) is 0.573. The highest BCUT2D eigenvalue weighted by atomic mass is 16.2. The number of nitrogens with zero attached hydrogens (tertiary/aromatic N) is 4. The molecule has 0 aliphatic carbocycles. The predicted molar refractivity (Wildman–Crippen MR) is 143 cm³/mol. The average Bonchev–Trinajstić information content (AvgIpc) is 2.91. The third-order valence-corrected chi connectivity index (χ3v) is 6.80. The number of hydrogen-bond acceptors (Lipinski definition) is 5. The molecule has 0 bridgehead atoms. The van der Waals surface area contributed by atoms with Crippen LogP contribution in [0, 0.1) is 5.92 Å². The standard InChI is InChI=1S/C29H31N5O2/c1-20(2)22-12-14-24(15-13-22)31-28(35)23-10-7-17-33(19-23)27-29(36)34(18-21-8-4-3-5-9-21)26-25(32-27)11-6-16-30-26/h3-6,8-9,11-16,20,23H,7,10,17-19H2,1-2H3,(H,31,35)/t23-/m0/s1. The minimum absolute atomic E-state index is 0.0240. The molecule has 1 fully saturated rings. The van der Waals surface area contributed by atoms with Crippen molar-refractivity contribution in [3.8, 4) is 0 Å². The first-order valence-electron chi connectivity index (χ1n) is 12.5. The summed E-state index contributed by atoms with van der Waals surface area (Å²) in [5, 5.41) is 3.06. The van der Waals surface area contributed by atoms with Crippen molar-refractivity contribution in [1.82, 2.24) is 14.5 Å². The number of carbonyl (C=O) groups is 1. The molecule has 1 saturated heterocycles. The van der Waals surface area contributed by atoms with Crippen LogP contribution in [0.5, 0.6) is 0 Å². The van der Waals surface area contributed by atoms with Crippen molar-refractivity contribution in [2.75, 3.05) is 23.3 Å². The lowest BCUT2D eigenvalue weighted by Gasteiger charge is -2.32. The molecule has 3 heterocycles. The van der Waals surface area contributed by atoms with E-state index in [9.17, 15) is 9.59 Å². The average molecular weight is 482 g/mol. The number of pyridine rings is 1. The van der Waals surface area contributed by atoms with E-state index in [0.29, 0.717) is 42.5 Å². The topological polar surface area (TPSA) is 80.1 Å². The Hall–Kier alpha value is -4.00. The second-order valence-electron chi connectivity index (χ2n) is 9.71. The smallest absolute Gasteiger partial charge is 0.295 e. The van der Waals surface area contributed by atoms with Gasteiger partial charge < -0.3 is 10.2 Å². The second-order valence-corrected chi connectivity index (χ2v) is 9.71. The van der Waals surface area contributed by atoms with Crippen LogP contribution in [0.3, 0.4) is 0 Å². The molecule has 0 radical (unpaired) electrons. The van der Waals surface area contributed by atoms with Gasteiger partial charge >= 0.3 is 0 Å². The minimum Gasteiger partial charge on any atom is -0.351 e. The van der Waals surface area contributed by atoms with Gasteiger partial charge in [0.2, 0.25) is 5.91 Å². The predicted octanol–water partition coefficient (Wildman–Crippen LogP) is 4.82. The lowest BCUT2D eigenvalue weighted by atomic mass is 9.97. The van der Waals surface area contributed by atoms with Gasteiger partial charge in [-0.3, -0.25) is 14.2 Å². The number of nitrogens with one attached hydrogen (secondary N) is 1. The van der Waals surface area contributed by atoms with E-state index >= 15 is 0 Å². The number of carbonyl (C=O) groups excluding carboxylic acids is 1. The first kappa shape index (κ1) is 23.7. The van der Waals surface area contributed by atoms with Gasteiger partial charge in [-0.25, -0.2) is 9.97 Å². The van der Waals surface area contributed by atoms with E-state index in [1.54, 1.807) is 10.8 Å². The number of amides is 1. The van der Waals surface area contributed by atoms with Gasteiger partial charge in [-0.1, -0.05) is 56.3 Å². The molecule has 1 aliphatic rings. The van der Waals surface area contributed by atoms with Crippen molar-refractivity contribution < 1.29 is 4.79 Å². The summed E-state index contributed by atoms with van der Waals surface area (Å²) in [6, 6.07) is 21.6. The highest BCUT2D eigenvalue weighted by molar-refractivity contribution is 5.93. The Labute approximate surface area is 210 Å². The van der Waals surface area contributed by atoms with Crippen LogP contribution >= 0.6 is 0 Å². The van der Waals surface area contributed by atoms with Crippen LogP contribution in [-0.2, 0) is 11.3 Å². The van der Waals surface area contributed by atoms with Crippen LogP contribution in [0.1, 0.15) is 43.7 Å². The number of aromatic nitrogens is 3. The van der Waals surface area contributed by atoms with Gasteiger partial charge in [0.05, 0.1) is 12.5 Å². The largest absolute Gasteiger partial charge is 0.351 e. The van der Waals surface area contributed by atoms with Crippen LogP contribution in [0.2, 0.25) is 0 Å². The van der Waals surface area contributed by atoms with Gasteiger partial charge in [0.25, 0.3) is 5.56 Å². The molecule has 1 N–H and O–H groups in total. The molecule has 1 amide bonds. The van der Waals surface area contributed by atoms with Crippen molar-refractivity contribution in [2.24, 2.45) is 5.92 Å². The van der Waals surface area contributed by atoms with Crippen molar-refractivity contribution in [1.29, 1.82) is 0 Å². The quantitative estimate of drug-likeness (QED) is 0.427. The molecule has 2 aromatic carbocycles.